The van der Waals surface area contributed by atoms with Crippen LogP contribution in [0.1, 0.15) is 26.7 Å². The molecule has 0 radical (unpaired) electrons. The molecule has 2 aliphatic rings. The standard InChI is InChI=1S/C13H26N2O2/c1-11(10-15-5-8-16-9-6-15)14-12(2)13-4-3-7-17-13/h11-14H,3-10H2,1-2H3/t11-,12+,13+/m1/s1. The van der Waals surface area contributed by atoms with E-state index in [9.17, 15) is 0 Å². The van der Waals surface area contributed by atoms with E-state index in [0.29, 0.717) is 18.2 Å². The predicted molar refractivity (Wildman–Crippen MR) is 68.3 cm³/mol. The first-order valence-corrected chi connectivity index (χ1v) is 6.93. The predicted octanol–water partition coefficient (Wildman–Crippen LogP) is 0.864. The number of hydrogen-bond acceptors (Lipinski definition) is 4. The van der Waals surface area contributed by atoms with Gasteiger partial charge in [-0.25, -0.2) is 0 Å². The van der Waals surface area contributed by atoms with Crippen LogP contribution < -0.4 is 5.32 Å². The minimum absolute atomic E-state index is 0.419. The number of hydrogen-bond donors (Lipinski definition) is 1. The Balaban J connectivity index is 1.66. The normalized spacial score (nSPS) is 30.4. The van der Waals surface area contributed by atoms with Crippen LogP contribution >= 0.6 is 0 Å². The molecule has 1 N–H and O–H groups in total. The van der Waals surface area contributed by atoms with Crippen molar-refractivity contribution in [3.05, 3.63) is 0 Å². The highest BCUT2D eigenvalue weighted by molar-refractivity contribution is 4.80. The van der Waals surface area contributed by atoms with Crippen LogP contribution in [0.15, 0.2) is 0 Å². The lowest BCUT2D eigenvalue weighted by molar-refractivity contribution is 0.0310. The molecule has 0 spiro atoms. The second-order valence-corrected chi connectivity index (χ2v) is 5.32. The lowest BCUT2D eigenvalue weighted by atomic mass is 10.1. The first-order chi connectivity index (χ1) is 8.25. The Morgan fingerprint density at radius 2 is 2.00 bits per heavy atom. The van der Waals surface area contributed by atoms with E-state index in [2.05, 4.69) is 24.1 Å². The van der Waals surface area contributed by atoms with Gasteiger partial charge in [0.15, 0.2) is 0 Å². The average Bonchev–Trinajstić information content (AvgIpc) is 2.83. The Kier molecular flexibility index (Phi) is 5.22. The highest BCUT2D eigenvalue weighted by Crippen LogP contribution is 2.15. The molecule has 2 fully saturated rings. The third kappa shape index (κ3) is 4.21. The van der Waals surface area contributed by atoms with Crippen molar-refractivity contribution in [1.29, 1.82) is 0 Å². The summed E-state index contributed by atoms with van der Waals surface area (Å²) in [6.45, 7) is 10.5. The molecule has 100 valence electrons. The molecule has 17 heavy (non-hydrogen) atoms. The maximum atomic E-state index is 5.71. The van der Waals surface area contributed by atoms with Crippen LogP contribution in [0.4, 0.5) is 0 Å². The number of nitrogens with one attached hydrogen (secondary N) is 1. The van der Waals surface area contributed by atoms with E-state index in [4.69, 9.17) is 9.47 Å². The van der Waals surface area contributed by atoms with Crippen LogP contribution in [0.2, 0.25) is 0 Å². The lowest BCUT2D eigenvalue weighted by Crippen LogP contribution is -2.49. The molecule has 4 nitrogen and oxygen atoms in total. The first kappa shape index (κ1) is 13.3. The largest absolute Gasteiger partial charge is 0.379 e. The summed E-state index contributed by atoms with van der Waals surface area (Å²) in [6.07, 6.45) is 2.84. The Bertz CT molecular complexity index is 213. The molecular weight excluding hydrogens is 216 g/mol. The SMILES string of the molecule is C[C@H](CN1CCOCC1)N[C@@H](C)[C@@H]1CCCO1. The van der Waals surface area contributed by atoms with Crippen LogP contribution in [0.3, 0.4) is 0 Å². The molecule has 0 bridgehead atoms. The van der Waals surface area contributed by atoms with Gasteiger partial charge in [0.2, 0.25) is 0 Å². The van der Waals surface area contributed by atoms with Crippen molar-refractivity contribution >= 4 is 0 Å². The summed E-state index contributed by atoms with van der Waals surface area (Å²) in [5.74, 6) is 0. The van der Waals surface area contributed by atoms with Crippen molar-refractivity contribution in [2.75, 3.05) is 39.5 Å². The average molecular weight is 242 g/mol. The fraction of sp³-hybridized carbons (Fsp3) is 1.00. The van der Waals surface area contributed by atoms with Crippen LogP contribution in [0, 0.1) is 0 Å². The van der Waals surface area contributed by atoms with Crippen molar-refractivity contribution in [3.8, 4) is 0 Å². The van der Waals surface area contributed by atoms with Gasteiger partial charge in [-0.3, -0.25) is 4.90 Å². The quantitative estimate of drug-likeness (QED) is 0.775. The molecule has 3 atom stereocenters. The number of ether oxygens (including phenoxy) is 2. The van der Waals surface area contributed by atoms with Crippen molar-refractivity contribution in [3.63, 3.8) is 0 Å². The highest BCUT2D eigenvalue weighted by atomic mass is 16.5. The van der Waals surface area contributed by atoms with Gasteiger partial charge in [-0.1, -0.05) is 0 Å². The van der Waals surface area contributed by atoms with Crippen molar-refractivity contribution in [2.24, 2.45) is 0 Å². The van der Waals surface area contributed by atoms with Gasteiger partial charge in [-0.05, 0) is 26.7 Å². The lowest BCUT2D eigenvalue weighted by Gasteiger charge is -2.31. The fourth-order valence-corrected chi connectivity index (χ4v) is 2.78. The van der Waals surface area contributed by atoms with Crippen LogP contribution in [-0.2, 0) is 9.47 Å². The molecule has 2 rings (SSSR count). The Morgan fingerprint density at radius 1 is 1.24 bits per heavy atom. The molecule has 0 aromatic carbocycles. The Hall–Kier alpha value is -0.160. The molecule has 0 aliphatic carbocycles. The summed E-state index contributed by atoms with van der Waals surface area (Å²) < 4.78 is 11.1. The maximum Gasteiger partial charge on any atom is 0.0726 e. The van der Waals surface area contributed by atoms with Gasteiger partial charge in [0, 0.05) is 38.3 Å². The smallest absolute Gasteiger partial charge is 0.0726 e. The molecule has 0 aromatic rings. The van der Waals surface area contributed by atoms with E-state index in [0.717, 1.165) is 39.5 Å². The molecule has 2 heterocycles. The van der Waals surface area contributed by atoms with Gasteiger partial charge >= 0.3 is 0 Å². The summed E-state index contributed by atoms with van der Waals surface area (Å²) >= 11 is 0. The van der Waals surface area contributed by atoms with Crippen LogP contribution in [0.5, 0.6) is 0 Å². The molecule has 0 unspecified atom stereocenters. The zero-order valence-corrected chi connectivity index (χ0v) is 11.2. The van der Waals surface area contributed by atoms with E-state index < -0.39 is 0 Å². The van der Waals surface area contributed by atoms with Gasteiger partial charge in [-0.2, -0.15) is 0 Å². The van der Waals surface area contributed by atoms with Crippen LogP contribution in [0.25, 0.3) is 0 Å². The third-order valence-electron chi connectivity index (χ3n) is 3.71. The second-order valence-electron chi connectivity index (χ2n) is 5.32. The monoisotopic (exact) mass is 242 g/mol. The molecule has 0 amide bonds. The van der Waals surface area contributed by atoms with E-state index in [1.807, 2.05) is 0 Å². The summed E-state index contributed by atoms with van der Waals surface area (Å²) in [5, 5.41) is 3.66. The zero-order valence-electron chi connectivity index (χ0n) is 11.2. The topological polar surface area (TPSA) is 33.7 Å². The van der Waals surface area contributed by atoms with E-state index in [1.54, 1.807) is 0 Å². The summed E-state index contributed by atoms with van der Waals surface area (Å²) in [5.41, 5.74) is 0. The molecule has 0 saturated carbocycles. The summed E-state index contributed by atoms with van der Waals surface area (Å²) in [6, 6.07) is 0.987. The number of morpholine rings is 1. The van der Waals surface area contributed by atoms with E-state index >= 15 is 0 Å². The Morgan fingerprint density at radius 3 is 2.65 bits per heavy atom. The van der Waals surface area contributed by atoms with Gasteiger partial charge in [-0.15, -0.1) is 0 Å². The summed E-state index contributed by atoms with van der Waals surface area (Å²) in [7, 11) is 0. The Labute approximate surface area is 105 Å². The van der Waals surface area contributed by atoms with Gasteiger partial charge in [0.1, 0.15) is 0 Å². The summed E-state index contributed by atoms with van der Waals surface area (Å²) in [4.78, 5) is 2.48. The molecule has 2 saturated heterocycles. The van der Waals surface area contributed by atoms with Crippen LogP contribution in [-0.4, -0.2) is 62.5 Å². The minimum atomic E-state index is 0.419. The first-order valence-electron chi connectivity index (χ1n) is 6.93. The number of nitrogens with zero attached hydrogens (tertiary/aromatic N) is 1. The van der Waals surface area contributed by atoms with Gasteiger partial charge in [0.05, 0.1) is 19.3 Å². The number of rotatable bonds is 5. The van der Waals surface area contributed by atoms with E-state index in [-0.39, 0.29) is 0 Å². The maximum absolute atomic E-state index is 5.71. The molecule has 2 aliphatic heterocycles. The molecular formula is C13H26N2O2. The fourth-order valence-electron chi connectivity index (χ4n) is 2.78. The molecule has 4 heteroatoms. The third-order valence-corrected chi connectivity index (χ3v) is 3.71. The van der Waals surface area contributed by atoms with Crippen molar-refractivity contribution < 1.29 is 9.47 Å². The zero-order chi connectivity index (χ0) is 12.1. The second kappa shape index (κ2) is 6.69. The minimum Gasteiger partial charge on any atom is -0.379 e. The van der Waals surface area contributed by atoms with Crippen molar-refractivity contribution in [2.45, 2.75) is 44.9 Å². The van der Waals surface area contributed by atoms with Crippen molar-refractivity contribution in [1.82, 2.24) is 10.2 Å². The molecule has 0 aromatic heterocycles. The van der Waals surface area contributed by atoms with E-state index in [1.165, 1.54) is 12.8 Å². The van der Waals surface area contributed by atoms with Gasteiger partial charge in [0.25, 0.3) is 0 Å². The highest BCUT2D eigenvalue weighted by Gasteiger charge is 2.24. The van der Waals surface area contributed by atoms with Gasteiger partial charge < -0.3 is 14.8 Å².